The van der Waals surface area contributed by atoms with E-state index in [1.54, 1.807) is 0 Å². The van der Waals surface area contributed by atoms with Crippen molar-refractivity contribution in [1.82, 2.24) is 9.80 Å². The maximum atomic E-state index is 12.5. The molecule has 1 unspecified atom stereocenters. The minimum Gasteiger partial charge on any atom is -0.325 e. The van der Waals surface area contributed by atoms with Gasteiger partial charge in [-0.3, -0.25) is 0 Å². The highest BCUT2D eigenvalue weighted by molar-refractivity contribution is 5.90. The van der Waals surface area contributed by atoms with Crippen LogP contribution in [0.25, 0.3) is 0 Å². The van der Waals surface area contributed by atoms with E-state index in [0.29, 0.717) is 0 Å². The van der Waals surface area contributed by atoms with Crippen LogP contribution in [0.3, 0.4) is 0 Å². The Hall–Kier alpha value is -1.55. The van der Waals surface area contributed by atoms with Crippen LogP contribution >= 0.6 is 0 Å². The second kappa shape index (κ2) is 8.02. The summed E-state index contributed by atoms with van der Waals surface area (Å²) >= 11 is 0. The molecule has 3 rings (SSSR count). The molecule has 2 saturated heterocycles. The van der Waals surface area contributed by atoms with E-state index in [4.69, 9.17) is 0 Å². The molecule has 0 bridgehead atoms. The summed E-state index contributed by atoms with van der Waals surface area (Å²) in [6, 6.07) is 8.01. The number of carbonyl (C=O) groups is 1. The largest absolute Gasteiger partial charge is 0.325 e. The summed E-state index contributed by atoms with van der Waals surface area (Å²) in [6.45, 7) is 9.90. The van der Waals surface area contributed by atoms with Crippen LogP contribution in [0.4, 0.5) is 10.5 Å². The van der Waals surface area contributed by atoms with E-state index in [-0.39, 0.29) is 6.03 Å². The first kappa shape index (κ1) is 17.3. The molecule has 1 aromatic rings. The summed E-state index contributed by atoms with van der Waals surface area (Å²) < 4.78 is 0. The van der Waals surface area contributed by atoms with Gasteiger partial charge in [-0.05, 0) is 62.6 Å². The van der Waals surface area contributed by atoms with E-state index >= 15 is 0 Å². The summed E-state index contributed by atoms with van der Waals surface area (Å²) in [5.41, 5.74) is 2.03. The molecular formula is C20H31N3O. The Morgan fingerprint density at radius 2 is 1.92 bits per heavy atom. The standard InChI is InChI=1S/C20H31N3O/c1-16-6-5-11-22(14-16)15-18-9-12-23(13-10-18)20(24)21-19-8-4-3-7-17(19)2/h3-4,7-8,16,18H,5-6,9-15H2,1-2H3,(H,21,24). The zero-order valence-corrected chi connectivity index (χ0v) is 15.1. The summed E-state index contributed by atoms with van der Waals surface area (Å²) in [6.07, 6.45) is 4.99. The van der Waals surface area contributed by atoms with Crippen molar-refractivity contribution in [3.05, 3.63) is 29.8 Å². The summed E-state index contributed by atoms with van der Waals surface area (Å²) in [5.74, 6) is 1.59. The Morgan fingerprint density at radius 1 is 1.17 bits per heavy atom. The fourth-order valence-corrected chi connectivity index (χ4v) is 4.04. The Kier molecular flexibility index (Phi) is 5.77. The minimum absolute atomic E-state index is 0.0503. The van der Waals surface area contributed by atoms with Crippen LogP contribution in [0.15, 0.2) is 24.3 Å². The van der Waals surface area contributed by atoms with Crippen molar-refractivity contribution in [2.75, 3.05) is 38.0 Å². The fourth-order valence-electron chi connectivity index (χ4n) is 4.04. The maximum absolute atomic E-state index is 12.5. The molecule has 4 heteroatoms. The number of benzene rings is 1. The summed E-state index contributed by atoms with van der Waals surface area (Å²) in [5, 5.41) is 3.06. The van der Waals surface area contributed by atoms with E-state index in [9.17, 15) is 4.79 Å². The van der Waals surface area contributed by atoms with Crippen molar-refractivity contribution in [1.29, 1.82) is 0 Å². The Bertz CT molecular complexity index is 552. The van der Waals surface area contributed by atoms with Gasteiger partial charge in [0.25, 0.3) is 0 Å². The molecule has 1 aromatic carbocycles. The average molecular weight is 329 g/mol. The third-order valence-corrected chi connectivity index (χ3v) is 5.55. The van der Waals surface area contributed by atoms with Crippen LogP contribution in [-0.2, 0) is 0 Å². The van der Waals surface area contributed by atoms with Gasteiger partial charge in [-0.15, -0.1) is 0 Å². The van der Waals surface area contributed by atoms with Gasteiger partial charge < -0.3 is 15.1 Å². The summed E-state index contributed by atoms with van der Waals surface area (Å²) in [4.78, 5) is 17.1. The Balaban J connectivity index is 1.44. The second-order valence-electron chi connectivity index (χ2n) is 7.68. The Morgan fingerprint density at radius 3 is 2.62 bits per heavy atom. The number of nitrogens with zero attached hydrogens (tertiary/aromatic N) is 2. The molecule has 1 N–H and O–H groups in total. The van der Waals surface area contributed by atoms with Crippen LogP contribution in [-0.4, -0.2) is 48.6 Å². The highest BCUT2D eigenvalue weighted by atomic mass is 16.2. The molecule has 0 spiro atoms. The van der Waals surface area contributed by atoms with Crippen LogP contribution in [0.2, 0.25) is 0 Å². The molecular weight excluding hydrogens is 298 g/mol. The van der Waals surface area contributed by atoms with Gasteiger partial charge in [0.05, 0.1) is 0 Å². The number of carbonyl (C=O) groups excluding carboxylic acids is 1. The number of amides is 2. The zero-order valence-electron chi connectivity index (χ0n) is 15.1. The van der Waals surface area contributed by atoms with Gasteiger partial charge >= 0.3 is 6.03 Å². The van der Waals surface area contributed by atoms with E-state index < -0.39 is 0 Å². The van der Waals surface area contributed by atoms with Crippen molar-refractivity contribution < 1.29 is 4.79 Å². The number of hydrogen-bond donors (Lipinski definition) is 1. The van der Waals surface area contributed by atoms with Crippen LogP contribution in [0.1, 0.15) is 38.2 Å². The molecule has 2 aliphatic heterocycles. The highest BCUT2D eigenvalue weighted by Crippen LogP contribution is 2.23. The predicted molar refractivity (Wildman–Crippen MR) is 99.3 cm³/mol. The predicted octanol–water partition coefficient (Wildman–Crippen LogP) is 3.97. The summed E-state index contributed by atoms with van der Waals surface area (Å²) in [7, 11) is 0. The quantitative estimate of drug-likeness (QED) is 0.911. The molecule has 2 heterocycles. The zero-order chi connectivity index (χ0) is 16.9. The number of piperidine rings is 2. The lowest BCUT2D eigenvalue weighted by Crippen LogP contribution is -2.44. The molecule has 0 radical (unpaired) electrons. The first-order valence-electron chi connectivity index (χ1n) is 9.45. The number of para-hydroxylation sites is 1. The number of aryl methyl sites for hydroxylation is 1. The van der Waals surface area contributed by atoms with Crippen LogP contribution in [0.5, 0.6) is 0 Å². The smallest absolute Gasteiger partial charge is 0.321 e. The lowest BCUT2D eigenvalue weighted by atomic mass is 9.94. The number of urea groups is 1. The van der Waals surface area contributed by atoms with Gasteiger partial charge in [0, 0.05) is 31.9 Å². The average Bonchev–Trinajstić information content (AvgIpc) is 2.57. The number of likely N-dealkylation sites (tertiary alicyclic amines) is 2. The van der Waals surface area contributed by atoms with Gasteiger partial charge in [0.2, 0.25) is 0 Å². The minimum atomic E-state index is 0.0503. The molecule has 0 saturated carbocycles. The molecule has 132 valence electrons. The van der Waals surface area contributed by atoms with Gasteiger partial charge in [-0.1, -0.05) is 25.1 Å². The van der Waals surface area contributed by atoms with E-state index in [1.165, 1.54) is 32.5 Å². The molecule has 4 nitrogen and oxygen atoms in total. The first-order valence-corrected chi connectivity index (χ1v) is 9.45. The van der Waals surface area contributed by atoms with Crippen molar-refractivity contribution in [3.8, 4) is 0 Å². The monoisotopic (exact) mass is 329 g/mol. The van der Waals surface area contributed by atoms with Gasteiger partial charge in [-0.2, -0.15) is 0 Å². The molecule has 0 aromatic heterocycles. The lowest BCUT2D eigenvalue weighted by Gasteiger charge is -2.37. The van der Waals surface area contributed by atoms with Crippen molar-refractivity contribution >= 4 is 11.7 Å². The van der Waals surface area contributed by atoms with Crippen LogP contribution < -0.4 is 5.32 Å². The van der Waals surface area contributed by atoms with Crippen LogP contribution in [0, 0.1) is 18.8 Å². The van der Waals surface area contributed by atoms with Crippen molar-refractivity contribution in [2.45, 2.75) is 39.5 Å². The normalized spacial score (nSPS) is 23.2. The van der Waals surface area contributed by atoms with Crippen molar-refractivity contribution in [3.63, 3.8) is 0 Å². The first-order chi connectivity index (χ1) is 11.6. The molecule has 2 aliphatic rings. The number of hydrogen-bond acceptors (Lipinski definition) is 2. The molecule has 0 aliphatic carbocycles. The SMILES string of the molecule is Cc1ccccc1NC(=O)N1CCC(CN2CCCC(C)C2)CC1. The maximum Gasteiger partial charge on any atom is 0.321 e. The second-order valence-corrected chi connectivity index (χ2v) is 7.68. The molecule has 2 amide bonds. The molecule has 1 atom stereocenters. The number of nitrogens with one attached hydrogen (secondary N) is 1. The van der Waals surface area contributed by atoms with E-state index in [1.807, 2.05) is 36.1 Å². The third kappa shape index (κ3) is 4.50. The number of anilines is 1. The lowest BCUT2D eigenvalue weighted by molar-refractivity contribution is 0.125. The van der Waals surface area contributed by atoms with Gasteiger partial charge in [0.1, 0.15) is 0 Å². The van der Waals surface area contributed by atoms with Crippen molar-refractivity contribution in [2.24, 2.45) is 11.8 Å². The fraction of sp³-hybridized carbons (Fsp3) is 0.650. The highest BCUT2D eigenvalue weighted by Gasteiger charge is 2.26. The van der Waals surface area contributed by atoms with Gasteiger partial charge in [0.15, 0.2) is 0 Å². The third-order valence-electron chi connectivity index (χ3n) is 5.55. The molecule has 2 fully saturated rings. The van der Waals surface area contributed by atoms with E-state index in [2.05, 4.69) is 17.1 Å². The molecule has 24 heavy (non-hydrogen) atoms. The van der Waals surface area contributed by atoms with E-state index in [0.717, 1.165) is 49.0 Å². The Labute approximate surface area is 146 Å². The number of rotatable bonds is 3. The van der Waals surface area contributed by atoms with Gasteiger partial charge in [-0.25, -0.2) is 4.79 Å². The topological polar surface area (TPSA) is 35.6 Å².